The van der Waals surface area contributed by atoms with Gasteiger partial charge >= 0.3 is 6.09 Å². The van der Waals surface area contributed by atoms with Gasteiger partial charge in [-0.3, -0.25) is 19.2 Å². The summed E-state index contributed by atoms with van der Waals surface area (Å²) in [7, 11) is 0. The van der Waals surface area contributed by atoms with Crippen LogP contribution in [-0.4, -0.2) is 58.7 Å². The van der Waals surface area contributed by atoms with Gasteiger partial charge in [0.1, 0.15) is 12.2 Å². The fraction of sp³-hybridized carbons (Fsp3) is 0.359. The molecule has 1 saturated heterocycles. The number of ether oxygens (including phenoxy) is 2. The van der Waals surface area contributed by atoms with E-state index in [4.69, 9.17) is 15.2 Å². The van der Waals surface area contributed by atoms with Gasteiger partial charge in [-0.1, -0.05) is 101 Å². The molecule has 0 saturated carbocycles. The third-order valence-corrected chi connectivity index (χ3v) is 8.27. The zero-order chi connectivity index (χ0) is 33.4. The molecule has 1 aliphatic heterocycles. The van der Waals surface area contributed by atoms with E-state index in [2.05, 4.69) is 15.6 Å². The van der Waals surface area contributed by atoms with Gasteiger partial charge < -0.3 is 30.8 Å². The maximum absolute atomic E-state index is 14.0. The number of nitrogens with two attached hydrogens (primary N) is 1. The van der Waals surface area contributed by atoms with Gasteiger partial charge in [-0.05, 0) is 42.5 Å². The van der Waals surface area contributed by atoms with E-state index in [-0.39, 0.29) is 60.5 Å². The highest BCUT2D eigenvalue weighted by atomic mass is 16.6. The van der Waals surface area contributed by atoms with Crippen molar-refractivity contribution in [2.45, 2.75) is 79.2 Å². The fourth-order valence-corrected chi connectivity index (χ4v) is 5.53. The predicted octanol–water partition coefficient (Wildman–Crippen LogP) is 5.45. The Morgan fingerprint density at radius 3 is 2.04 bits per heavy atom. The number of hydrogen-bond acceptors (Lipinski definition) is 7. The van der Waals surface area contributed by atoms with Crippen molar-refractivity contribution >= 4 is 40.4 Å². The summed E-state index contributed by atoms with van der Waals surface area (Å²) in [6.45, 7) is 1.89. The minimum Gasteiger partial charge on any atom is -0.445 e. The number of rotatable bonds is 16. The largest absolute Gasteiger partial charge is 0.445 e. The molecule has 5 rings (SSSR count). The van der Waals surface area contributed by atoms with Crippen molar-refractivity contribution < 1.29 is 33.4 Å². The summed E-state index contributed by atoms with van der Waals surface area (Å²) in [6, 6.07) is 23.6. The molecule has 1 aromatic heterocycles. The minimum absolute atomic E-state index is 0. The Kier molecular flexibility index (Phi) is 15.1. The van der Waals surface area contributed by atoms with Crippen LogP contribution in [0, 0.1) is 5.92 Å². The molecule has 1 unspecified atom stereocenters. The normalized spacial score (nSPS) is 16.2. The van der Waals surface area contributed by atoms with Crippen molar-refractivity contribution in [3.05, 3.63) is 108 Å². The third kappa shape index (κ3) is 10.9. The second-order valence-corrected chi connectivity index (χ2v) is 12.0. The molecule has 0 bridgehead atoms. The van der Waals surface area contributed by atoms with E-state index in [9.17, 15) is 24.0 Å². The highest BCUT2D eigenvalue weighted by Crippen LogP contribution is 2.30. The van der Waals surface area contributed by atoms with Crippen LogP contribution in [0.5, 0.6) is 0 Å². The van der Waals surface area contributed by atoms with Crippen molar-refractivity contribution in [3.63, 3.8) is 0 Å². The molecular weight excluding hydrogens is 636 g/mol. The van der Waals surface area contributed by atoms with Crippen LogP contribution < -0.4 is 16.4 Å². The predicted molar refractivity (Wildman–Crippen MR) is 194 cm³/mol. The monoisotopic (exact) mass is 686 g/mol. The third-order valence-electron chi connectivity index (χ3n) is 8.27. The number of nitrogens with one attached hydrogen (secondary N) is 3. The Morgan fingerprint density at radius 1 is 0.820 bits per heavy atom. The van der Waals surface area contributed by atoms with E-state index in [0.29, 0.717) is 0 Å². The first-order chi connectivity index (χ1) is 22.6. The Hall–Kier alpha value is -5.29. The molecule has 11 nitrogen and oxygen atoms in total. The summed E-state index contributed by atoms with van der Waals surface area (Å²) in [5.41, 5.74) is 7.68. The van der Waals surface area contributed by atoms with Gasteiger partial charge in [-0.15, -0.1) is 0 Å². The standard InChI is InChI=1S/C36H38N4O7.3CH4/c1-36(22-47-36)33(43)30(16-23-10-4-2-5-11-23)39-34(44)25(17-26-20-38-28-15-9-8-14-27(26)28)18-31(41)29(19-32(37)42)40-35(45)46-21-24-12-6-3-7-13-24;;;/h2-15,20,25,29-30,38H,16-19,21-22H2,1H3,(H2,37,42)(H,39,44)(H,40,45);3*1H4/t25-,29+,30+,36?;;;/m1.../s1. The van der Waals surface area contributed by atoms with Gasteiger partial charge in [0.05, 0.1) is 25.1 Å². The molecule has 2 heterocycles. The lowest BCUT2D eigenvalue weighted by atomic mass is 9.89. The number of aromatic nitrogens is 1. The Balaban J connectivity index is 0.00000289. The van der Waals surface area contributed by atoms with Crippen LogP contribution in [-0.2, 0) is 48.1 Å². The lowest BCUT2D eigenvalue weighted by Gasteiger charge is -2.24. The molecule has 1 aliphatic rings. The van der Waals surface area contributed by atoms with Gasteiger partial charge in [0.25, 0.3) is 0 Å². The average Bonchev–Trinajstić information content (AvgIpc) is 3.70. The van der Waals surface area contributed by atoms with Crippen LogP contribution >= 0.6 is 0 Å². The molecule has 268 valence electrons. The zero-order valence-corrected chi connectivity index (χ0v) is 26.1. The molecule has 0 radical (unpaired) electrons. The lowest BCUT2D eigenvalue weighted by Crippen LogP contribution is -2.50. The molecule has 50 heavy (non-hydrogen) atoms. The summed E-state index contributed by atoms with van der Waals surface area (Å²) < 4.78 is 10.7. The van der Waals surface area contributed by atoms with E-state index in [1.54, 1.807) is 37.4 Å². The van der Waals surface area contributed by atoms with E-state index >= 15 is 0 Å². The Labute approximate surface area is 294 Å². The highest BCUT2D eigenvalue weighted by Gasteiger charge is 2.50. The van der Waals surface area contributed by atoms with Crippen LogP contribution in [0.25, 0.3) is 10.9 Å². The number of H-pyrrole nitrogens is 1. The highest BCUT2D eigenvalue weighted by molar-refractivity contribution is 5.99. The number of carbonyl (C=O) groups is 5. The second kappa shape index (κ2) is 18.5. The SMILES string of the molecule is C.C.C.CC1(C(=O)[C@H](Cc2ccccc2)NC(=O)[C@@H](CC(=O)[C@H](CC(N)=O)NC(=O)OCc2ccccc2)Cc2c[nH]c3ccccc23)CO1. The summed E-state index contributed by atoms with van der Waals surface area (Å²) >= 11 is 0. The number of benzene rings is 3. The molecule has 4 aromatic rings. The van der Waals surface area contributed by atoms with Crippen LogP contribution in [0.2, 0.25) is 0 Å². The van der Waals surface area contributed by atoms with Gasteiger partial charge in [0, 0.05) is 29.4 Å². The van der Waals surface area contributed by atoms with E-state index < -0.39 is 53.7 Å². The summed E-state index contributed by atoms with van der Waals surface area (Å²) in [5.74, 6) is -3.13. The molecule has 0 spiro atoms. The van der Waals surface area contributed by atoms with Crippen LogP contribution in [0.4, 0.5) is 4.79 Å². The first kappa shape index (κ1) is 40.9. The number of alkyl carbamates (subject to hydrolysis) is 1. The quantitative estimate of drug-likeness (QED) is 0.113. The van der Waals surface area contributed by atoms with Gasteiger partial charge in [-0.25, -0.2) is 4.79 Å². The number of para-hydroxylation sites is 1. The summed E-state index contributed by atoms with van der Waals surface area (Å²) in [4.78, 5) is 69.0. The topological polar surface area (TPSA) is 173 Å². The number of carbonyl (C=O) groups excluding carboxylic acids is 5. The van der Waals surface area contributed by atoms with Crippen molar-refractivity contribution in [2.75, 3.05) is 6.61 Å². The fourth-order valence-electron chi connectivity index (χ4n) is 5.53. The van der Waals surface area contributed by atoms with Crippen molar-refractivity contribution in [2.24, 2.45) is 11.7 Å². The maximum atomic E-state index is 14.0. The molecule has 11 heteroatoms. The van der Waals surface area contributed by atoms with Gasteiger partial charge in [-0.2, -0.15) is 0 Å². The number of ketones is 2. The number of epoxide rings is 1. The van der Waals surface area contributed by atoms with Crippen molar-refractivity contribution in [1.82, 2.24) is 15.6 Å². The molecule has 4 atom stereocenters. The average molecular weight is 687 g/mol. The van der Waals surface area contributed by atoms with E-state index in [0.717, 1.165) is 27.6 Å². The Bertz CT molecular complexity index is 1730. The first-order valence-electron chi connectivity index (χ1n) is 15.5. The first-order valence-corrected chi connectivity index (χ1v) is 15.5. The maximum Gasteiger partial charge on any atom is 0.408 e. The molecule has 1 fully saturated rings. The number of fused-ring (bicyclic) bond motifs is 1. The van der Waals surface area contributed by atoms with Crippen LogP contribution in [0.15, 0.2) is 91.1 Å². The van der Waals surface area contributed by atoms with Gasteiger partial charge in [0.15, 0.2) is 11.6 Å². The van der Waals surface area contributed by atoms with Crippen molar-refractivity contribution in [3.8, 4) is 0 Å². The summed E-state index contributed by atoms with van der Waals surface area (Å²) in [5, 5.41) is 6.23. The summed E-state index contributed by atoms with van der Waals surface area (Å²) in [6.07, 6.45) is 0.424. The number of hydrogen-bond donors (Lipinski definition) is 4. The molecule has 3 amide bonds. The van der Waals surface area contributed by atoms with E-state index in [1.165, 1.54) is 0 Å². The number of amides is 3. The van der Waals surface area contributed by atoms with Gasteiger partial charge in [0.2, 0.25) is 11.8 Å². The smallest absolute Gasteiger partial charge is 0.408 e. The minimum atomic E-state index is -1.32. The number of primary amides is 1. The molecule has 5 N–H and O–H groups in total. The van der Waals surface area contributed by atoms with E-state index in [1.807, 2.05) is 60.7 Å². The van der Waals surface area contributed by atoms with Crippen LogP contribution in [0.1, 0.15) is 58.7 Å². The zero-order valence-electron chi connectivity index (χ0n) is 26.1. The molecule has 0 aliphatic carbocycles. The molecule has 3 aromatic carbocycles. The molecular formula is C39H50N4O7. The second-order valence-electron chi connectivity index (χ2n) is 12.0. The van der Waals surface area contributed by atoms with Crippen molar-refractivity contribution in [1.29, 1.82) is 0 Å². The number of aromatic amines is 1. The Morgan fingerprint density at radius 2 is 1.42 bits per heavy atom. The number of Topliss-reactive ketones (excluding diaryl/α,β-unsaturated/α-hetero) is 2. The van der Waals surface area contributed by atoms with Crippen LogP contribution in [0.3, 0.4) is 0 Å². The lowest BCUT2D eigenvalue weighted by molar-refractivity contribution is -0.134.